The summed E-state index contributed by atoms with van der Waals surface area (Å²) in [5.41, 5.74) is 3.64. The molecule has 1 aliphatic rings. The highest BCUT2D eigenvalue weighted by Gasteiger charge is 2.24. The number of piperidine rings is 1. The summed E-state index contributed by atoms with van der Waals surface area (Å²) >= 11 is 0. The van der Waals surface area contributed by atoms with E-state index in [-0.39, 0.29) is 11.4 Å². The normalized spacial score (nSPS) is 17.1. The van der Waals surface area contributed by atoms with E-state index >= 15 is 0 Å². The molecule has 144 valence electrons. The second kappa shape index (κ2) is 7.58. The topological polar surface area (TPSA) is 53.4 Å². The minimum Gasteiger partial charge on any atom is -0.478 e. The smallest absolute Gasteiger partial charge is 0.335 e. The first-order valence-corrected chi connectivity index (χ1v) is 9.77. The lowest BCUT2D eigenvalue weighted by molar-refractivity contribution is 0.0697. The molecule has 3 aromatic rings. The monoisotopic (exact) mass is 378 g/mol. The van der Waals surface area contributed by atoms with Gasteiger partial charge in [-0.05, 0) is 74.2 Å². The highest BCUT2D eigenvalue weighted by molar-refractivity contribution is 5.99. The highest BCUT2D eigenvalue weighted by Crippen LogP contribution is 2.35. The van der Waals surface area contributed by atoms with Crippen molar-refractivity contribution in [2.75, 3.05) is 11.4 Å². The van der Waals surface area contributed by atoms with Gasteiger partial charge in [0.1, 0.15) is 5.82 Å². The largest absolute Gasteiger partial charge is 0.478 e. The van der Waals surface area contributed by atoms with E-state index in [1.807, 2.05) is 6.07 Å². The molecule has 1 aromatic heterocycles. The first-order valence-electron chi connectivity index (χ1n) is 9.77. The Kier molecular flexibility index (Phi) is 4.99. The van der Waals surface area contributed by atoms with Gasteiger partial charge in [-0.3, -0.25) is 0 Å². The predicted octanol–water partition coefficient (Wildman–Crippen LogP) is 5.51. The van der Waals surface area contributed by atoms with E-state index in [1.165, 1.54) is 18.6 Å². The molecule has 1 saturated heterocycles. The maximum absolute atomic E-state index is 13.4. The Balaban J connectivity index is 1.93. The first kappa shape index (κ1) is 18.4. The van der Waals surface area contributed by atoms with E-state index in [4.69, 9.17) is 4.98 Å². The maximum Gasteiger partial charge on any atom is 0.335 e. The molecule has 5 heteroatoms. The van der Waals surface area contributed by atoms with Crippen LogP contribution in [-0.4, -0.2) is 28.6 Å². The SMILES string of the molecule is CCC1CCCCN1c1cc(-c2ccc(F)cc2)nc2ccc(C(=O)O)cc12. The number of pyridine rings is 1. The van der Waals surface area contributed by atoms with E-state index in [1.54, 1.807) is 30.3 Å². The minimum atomic E-state index is -0.943. The van der Waals surface area contributed by atoms with Crippen LogP contribution in [-0.2, 0) is 0 Å². The summed E-state index contributed by atoms with van der Waals surface area (Å²) in [5.74, 6) is -1.22. The van der Waals surface area contributed by atoms with Crippen LogP contribution in [0.15, 0.2) is 48.5 Å². The van der Waals surface area contributed by atoms with Crippen molar-refractivity contribution in [2.45, 2.75) is 38.6 Å². The molecular formula is C23H23FN2O2. The van der Waals surface area contributed by atoms with Gasteiger partial charge in [-0.1, -0.05) is 6.92 Å². The number of hydrogen-bond acceptors (Lipinski definition) is 3. The van der Waals surface area contributed by atoms with Crippen LogP contribution in [0.25, 0.3) is 22.2 Å². The van der Waals surface area contributed by atoms with Crippen LogP contribution in [0.4, 0.5) is 10.1 Å². The number of anilines is 1. The van der Waals surface area contributed by atoms with E-state index in [0.717, 1.165) is 53.7 Å². The molecule has 1 N–H and O–H groups in total. The van der Waals surface area contributed by atoms with Crippen LogP contribution in [0, 0.1) is 5.82 Å². The second-order valence-corrected chi connectivity index (χ2v) is 7.32. The standard InChI is InChI=1S/C23H23FN2O2/c1-2-18-5-3-4-12-26(18)22-14-21(15-6-9-17(24)10-7-15)25-20-11-8-16(23(27)28)13-19(20)22/h6-11,13-14,18H,2-5,12H2,1H3,(H,27,28). The number of carboxylic acid groups (broad SMARTS) is 1. The number of aromatic nitrogens is 1. The molecule has 2 heterocycles. The summed E-state index contributed by atoms with van der Waals surface area (Å²) in [7, 11) is 0. The lowest BCUT2D eigenvalue weighted by Crippen LogP contribution is -2.39. The quantitative estimate of drug-likeness (QED) is 0.650. The Bertz CT molecular complexity index is 1020. The molecule has 0 aliphatic carbocycles. The molecule has 1 aliphatic heterocycles. The van der Waals surface area contributed by atoms with Crippen LogP contribution in [0.5, 0.6) is 0 Å². The molecule has 28 heavy (non-hydrogen) atoms. The maximum atomic E-state index is 13.4. The van der Waals surface area contributed by atoms with Gasteiger partial charge in [-0.2, -0.15) is 0 Å². The Morgan fingerprint density at radius 2 is 1.96 bits per heavy atom. The summed E-state index contributed by atoms with van der Waals surface area (Å²) in [6.07, 6.45) is 4.49. The average Bonchev–Trinajstić information content (AvgIpc) is 2.73. The van der Waals surface area contributed by atoms with Gasteiger partial charge in [0, 0.05) is 29.2 Å². The van der Waals surface area contributed by atoms with Crippen molar-refractivity contribution >= 4 is 22.6 Å². The zero-order valence-electron chi connectivity index (χ0n) is 15.9. The lowest BCUT2D eigenvalue weighted by atomic mass is 9.97. The van der Waals surface area contributed by atoms with Crippen molar-refractivity contribution in [3.05, 3.63) is 59.9 Å². The van der Waals surface area contributed by atoms with Crippen LogP contribution in [0.1, 0.15) is 43.0 Å². The fraction of sp³-hybridized carbons (Fsp3) is 0.304. The molecule has 0 radical (unpaired) electrons. The highest BCUT2D eigenvalue weighted by atomic mass is 19.1. The van der Waals surface area contributed by atoms with Gasteiger partial charge >= 0.3 is 5.97 Å². The summed E-state index contributed by atoms with van der Waals surface area (Å²) < 4.78 is 13.4. The Morgan fingerprint density at radius 3 is 2.68 bits per heavy atom. The minimum absolute atomic E-state index is 0.259. The van der Waals surface area contributed by atoms with Crippen LogP contribution >= 0.6 is 0 Å². The first-order chi connectivity index (χ1) is 13.6. The molecule has 4 rings (SSSR count). The number of benzene rings is 2. The predicted molar refractivity (Wildman–Crippen MR) is 109 cm³/mol. The van der Waals surface area contributed by atoms with Gasteiger partial charge in [0.15, 0.2) is 0 Å². The zero-order chi connectivity index (χ0) is 19.7. The summed E-state index contributed by atoms with van der Waals surface area (Å²) in [4.78, 5) is 18.6. The van der Waals surface area contributed by atoms with E-state index in [9.17, 15) is 14.3 Å². The number of carbonyl (C=O) groups is 1. The van der Waals surface area contributed by atoms with Gasteiger partial charge in [-0.15, -0.1) is 0 Å². The summed E-state index contributed by atoms with van der Waals surface area (Å²) in [5, 5.41) is 10.3. The Labute approximate surface area is 163 Å². The molecule has 1 atom stereocenters. The van der Waals surface area contributed by atoms with Gasteiger partial charge in [-0.25, -0.2) is 14.2 Å². The number of nitrogens with zero attached hydrogens (tertiary/aromatic N) is 2. The lowest BCUT2D eigenvalue weighted by Gasteiger charge is -2.38. The molecule has 0 amide bonds. The molecule has 0 bridgehead atoms. The third kappa shape index (κ3) is 3.44. The molecular weight excluding hydrogens is 355 g/mol. The van der Waals surface area contributed by atoms with Gasteiger partial charge in [0.25, 0.3) is 0 Å². The summed E-state index contributed by atoms with van der Waals surface area (Å²) in [6.45, 7) is 3.13. The Hall–Kier alpha value is -2.95. The van der Waals surface area contributed by atoms with Crippen molar-refractivity contribution in [1.29, 1.82) is 0 Å². The summed E-state index contributed by atoms with van der Waals surface area (Å²) in [6, 6.07) is 13.8. The fourth-order valence-corrected chi connectivity index (χ4v) is 4.09. The van der Waals surface area contributed by atoms with Crippen LogP contribution in [0.3, 0.4) is 0 Å². The Morgan fingerprint density at radius 1 is 1.18 bits per heavy atom. The van der Waals surface area contributed by atoms with E-state index in [0.29, 0.717) is 6.04 Å². The van der Waals surface area contributed by atoms with Crippen molar-refractivity contribution < 1.29 is 14.3 Å². The molecule has 1 unspecified atom stereocenters. The number of halogens is 1. The van der Waals surface area contributed by atoms with Crippen molar-refractivity contribution in [3.8, 4) is 11.3 Å². The number of rotatable bonds is 4. The van der Waals surface area contributed by atoms with Crippen LogP contribution in [0.2, 0.25) is 0 Å². The van der Waals surface area contributed by atoms with Crippen molar-refractivity contribution in [3.63, 3.8) is 0 Å². The molecule has 0 saturated carbocycles. The molecule has 0 spiro atoms. The molecule has 1 fully saturated rings. The number of aromatic carboxylic acids is 1. The molecule has 2 aromatic carbocycles. The van der Waals surface area contributed by atoms with Crippen LogP contribution < -0.4 is 4.90 Å². The van der Waals surface area contributed by atoms with E-state index < -0.39 is 5.97 Å². The van der Waals surface area contributed by atoms with Gasteiger partial charge in [0.05, 0.1) is 16.8 Å². The zero-order valence-corrected chi connectivity index (χ0v) is 15.9. The number of carboxylic acids is 1. The van der Waals surface area contributed by atoms with E-state index in [2.05, 4.69) is 11.8 Å². The number of fused-ring (bicyclic) bond motifs is 1. The van der Waals surface area contributed by atoms with Crippen molar-refractivity contribution in [2.24, 2.45) is 0 Å². The third-order valence-corrected chi connectivity index (χ3v) is 5.58. The third-order valence-electron chi connectivity index (χ3n) is 5.58. The molecule has 4 nitrogen and oxygen atoms in total. The number of hydrogen-bond donors (Lipinski definition) is 1. The fourth-order valence-electron chi connectivity index (χ4n) is 4.09. The second-order valence-electron chi connectivity index (χ2n) is 7.32. The van der Waals surface area contributed by atoms with Gasteiger partial charge < -0.3 is 10.0 Å². The average molecular weight is 378 g/mol. The van der Waals surface area contributed by atoms with Gasteiger partial charge in [0.2, 0.25) is 0 Å². The van der Waals surface area contributed by atoms with Crippen molar-refractivity contribution in [1.82, 2.24) is 4.98 Å².